The van der Waals surface area contributed by atoms with Gasteiger partial charge in [-0.05, 0) is 45.5 Å². The van der Waals surface area contributed by atoms with Crippen LogP contribution in [0.5, 0.6) is 0 Å². The van der Waals surface area contributed by atoms with Gasteiger partial charge in [-0.15, -0.1) is 11.8 Å². The van der Waals surface area contributed by atoms with Crippen LogP contribution in [-0.2, 0) is 9.59 Å². The molecule has 0 fully saturated rings. The fraction of sp³-hybridized carbons (Fsp3) is 0.308. The first-order chi connectivity index (χ1) is 14.8. The van der Waals surface area contributed by atoms with Gasteiger partial charge in [0, 0.05) is 23.7 Å². The normalized spacial score (nSPS) is 19.2. The number of halogens is 1. The van der Waals surface area contributed by atoms with E-state index in [9.17, 15) is 9.59 Å². The van der Waals surface area contributed by atoms with Crippen molar-refractivity contribution in [2.45, 2.75) is 37.7 Å². The summed E-state index contributed by atoms with van der Waals surface area (Å²) in [5.74, 6) is -0.0154. The number of aldehydes is 1. The lowest BCUT2D eigenvalue weighted by atomic mass is 9.93. The second-order valence-electron chi connectivity index (χ2n) is 9.16. The van der Waals surface area contributed by atoms with E-state index in [1.54, 1.807) is 11.8 Å². The number of anilines is 1. The molecule has 1 heterocycles. The molecule has 3 nitrogen and oxygen atoms in total. The Morgan fingerprint density at radius 3 is 2.52 bits per heavy atom. The number of hydrogen-bond donors (Lipinski definition) is 0. The average Bonchev–Trinajstić information content (AvgIpc) is 2.83. The molecule has 0 saturated heterocycles. The highest BCUT2D eigenvalue weighted by atomic mass is 35.5. The van der Waals surface area contributed by atoms with E-state index in [2.05, 4.69) is 51.1 Å². The lowest BCUT2D eigenvalue weighted by molar-refractivity contribution is -0.120. The molecule has 2 atom stereocenters. The smallest absolute Gasteiger partial charge is 0.240 e. The van der Waals surface area contributed by atoms with Gasteiger partial charge >= 0.3 is 0 Å². The number of nitrogens with zero attached hydrogens (tertiary/aromatic N) is 1. The third kappa shape index (κ3) is 4.51. The maximum absolute atomic E-state index is 13.6. The van der Waals surface area contributed by atoms with Gasteiger partial charge in [-0.1, -0.05) is 74.8 Å². The van der Waals surface area contributed by atoms with Gasteiger partial charge < -0.3 is 9.69 Å². The summed E-state index contributed by atoms with van der Waals surface area (Å²) in [5.41, 5.74) is 2.93. The standard InChI is InChI=1S/C26H26ClNO2S/c1-26(2,3)16-28-22-12-11-18(27)15-21(22)24(31-23(13-14-29)25(28)30)20-10-6-8-17-7-4-5-9-19(17)20/h4-12,14-15,23-24H,13,16H2,1-3H3/t23-,24-/m0/s1. The Morgan fingerprint density at radius 2 is 1.77 bits per heavy atom. The first kappa shape index (κ1) is 21.9. The Bertz CT molecular complexity index is 1130. The van der Waals surface area contributed by atoms with Gasteiger partial charge in [0.25, 0.3) is 0 Å². The molecule has 1 aliphatic rings. The molecule has 3 aromatic carbocycles. The summed E-state index contributed by atoms with van der Waals surface area (Å²) in [6, 6.07) is 20.3. The van der Waals surface area contributed by atoms with Crippen molar-refractivity contribution in [3.8, 4) is 0 Å². The molecule has 0 bridgehead atoms. The SMILES string of the molecule is CC(C)(C)CN1C(=O)[C@H](CC=O)S[C@@H](c2cccc3ccccc23)c2cc(Cl)ccc21. The fourth-order valence-corrected chi connectivity index (χ4v) is 5.80. The van der Waals surface area contributed by atoms with Crippen LogP contribution in [0.4, 0.5) is 5.69 Å². The Kier molecular flexibility index (Phi) is 6.14. The van der Waals surface area contributed by atoms with Crippen molar-refractivity contribution in [2.75, 3.05) is 11.4 Å². The van der Waals surface area contributed by atoms with Crippen LogP contribution in [0, 0.1) is 5.41 Å². The van der Waals surface area contributed by atoms with Gasteiger partial charge in [0.2, 0.25) is 5.91 Å². The van der Waals surface area contributed by atoms with Gasteiger partial charge in [-0.3, -0.25) is 4.79 Å². The van der Waals surface area contributed by atoms with Crippen LogP contribution < -0.4 is 4.90 Å². The average molecular weight is 452 g/mol. The number of thioether (sulfide) groups is 1. The Morgan fingerprint density at radius 1 is 1.03 bits per heavy atom. The van der Waals surface area contributed by atoms with Gasteiger partial charge in [-0.25, -0.2) is 0 Å². The Hall–Kier alpha value is -2.30. The summed E-state index contributed by atoms with van der Waals surface area (Å²) in [6.45, 7) is 6.92. The van der Waals surface area contributed by atoms with Crippen molar-refractivity contribution in [1.29, 1.82) is 0 Å². The van der Waals surface area contributed by atoms with E-state index in [1.807, 2.05) is 35.2 Å². The van der Waals surface area contributed by atoms with Crippen molar-refractivity contribution in [3.05, 3.63) is 76.8 Å². The van der Waals surface area contributed by atoms with Gasteiger partial charge in [0.1, 0.15) is 6.29 Å². The molecule has 1 amide bonds. The number of carbonyl (C=O) groups excluding carboxylic acids is 2. The minimum absolute atomic E-state index is 0.0154. The molecule has 0 N–H and O–H groups in total. The first-order valence-electron chi connectivity index (χ1n) is 10.5. The predicted octanol–water partition coefficient (Wildman–Crippen LogP) is 6.67. The fourth-order valence-electron chi connectivity index (χ4n) is 4.17. The van der Waals surface area contributed by atoms with Crippen LogP contribution in [0.1, 0.15) is 43.6 Å². The Labute approximate surface area is 192 Å². The molecule has 31 heavy (non-hydrogen) atoms. The zero-order valence-electron chi connectivity index (χ0n) is 18.0. The molecule has 0 saturated carbocycles. The molecule has 5 heteroatoms. The molecule has 0 aliphatic carbocycles. The quantitative estimate of drug-likeness (QED) is 0.416. The number of rotatable bonds is 4. The minimum Gasteiger partial charge on any atom is -0.311 e. The van der Waals surface area contributed by atoms with Crippen LogP contribution >= 0.6 is 23.4 Å². The van der Waals surface area contributed by atoms with E-state index in [0.717, 1.165) is 33.9 Å². The molecular weight excluding hydrogens is 426 g/mol. The molecule has 4 rings (SSSR count). The van der Waals surface area contributed by atoms with E-state index in [4.69, 9.17) is 11.6 Å². The van der Waals surface area contributed by atoms with Crippen LogP contribution in [0.3, 0.4) is 0 Å². The van der Waals surface area contributed by atoms with E-state index < -0.39 is 5.25 Å². The highest BCUT2D eigenvalue weighted by Crippen LogP contribution is 2.49. The van der Waals surface area contributed by atoms with Crippen LogP contribution in [-0.4, -0.2) is 24.0 Å². The topological polar surface area (TPSA) is 37.4 Å². The lowest BCUT2D eigenvalue weighted by Gasteiger charge is -2.31. The molecule has 0 radical (unpaired) electrons. The summed E-state index contributed by atoms with van der Waals surface area (Å²) < 4.78 is 0. The summed E-state index contributed by atoms with van der Waals surface area (Å²) in [6.07, 6.45) is 1.04. The van der Waals surface area contributed by atoms with Crippen molar-refractivity contribution in [3.63, 3.8) is 0 Å². The molecular formula is C26H26ClNO2S. The van der Waals surface area contributed by atoms with Crippen LogP contribution in [0.25, 0.3) is 10.8 Å². The van der Waals surface area contributed by atoms with E-state index in [1.165, 1.54) is 0 Å². The monoisotopic (exact) mass is 451 g/mol. The molecule has 0 aromatic heterocycles. The van der Waals surface area contributed by atoms with Gasteiger partial charge in [0.05, 0.1) is 10.5 Å². The summed E-state index contributed by atoms with van der Waals surface area (Å²) in [7, 11) is 0. The number of fused-ring (bicyclic) bond motifs is 2. The number of benzene rings is 3. The van der Waals surface area contributed by atoms with Crippen molar-refractivity contribution >= 4 is 52.0 Å². The van der Waals surface area contributed by atoms with E-state index in [0.29, 0.717) is 11.6 Å². The van der Waals surface area contributed by atoms with Crippen molar-refractivity contribution < 1.29 is 9.59 Å². The second-order valence-corrected chi connectivity index (χ2v) is 10.9. The van der Waals surface area contributed by atoms with E-state index in [-0.39, 0.29) is 23.0 Å². The zero-order valence-corrected chi connectivity index (χ0v) is 19.5. The largest absolute Gasteiger partial charge is 0.311 e. The number of hydrogen-bond acceptors (Lipinski definition) is 3. The highest BCUT2D eigenvalue weighted by Gasteiger charge is 2.38. The zero-order chi connectivity index (χ0) is 22.2. The van der Waals surface area contributed by atoms with Gasteiger partial charge in [0.15, 0.2) is 0 Å². The molecule has 3 aromatic rings. The third-order valence-corrected chi connectivity index (χ3v) is 7.19. The van der Waals surface area contributed by atoms with Crippen molar-refractivity contribution in [2.24, 2.45) is 5.41 Å². The Balaban J connectivity index is 1.96. The summed E-state index contributed by atoms with van der Waals surface area (Å²) in [5, 5.41) is 2.38. The molecule has 1 aliphatic heterocycles. The summed E-state index contributed by atoms with van der Waals surface area (Å²) in [4.78, 5) is 27.0. The lowest BCUT2D eigenvalue weighted by Crippen LogP contribution is -2.42. The molecule has 0 spiro atoms. The first-order valence-corrected chi connectivity index (χ1v) is 11.8. The second kappa shape index (κ2) is 8.68. The van der Waals surface area contributed by atoms with E-state index >= 15 is 0 Å². The predicted molar refractivity (Wildman–Crippen MR) is 131 cm³/mol. The van der Waals surface area contributed by atoms with Crippen molar-refractivity contribution in [1.82, 2.24) is 0 Å². The van der Waals surface area contributed by atoms with Crippen LogP contribution in [0.2, 0.25) is 5.02 Å². The third-order valence-electron chi connectivity index (χ3n) is 5.45. The maximum atomic E-state index is 13.6. The summed E-state index contributed by atoms with van der Waals surface area (Å²) >= 11 is 8.00. The number of carbonyl (C=O) groups is 2. The minimum atomic E-state index is -0.449. The molecule has 160 valence electrons. The van der Waals surface area contributed by atoms with Gasteiger partial charge in [-0.2, -0.15) is 0 Å². The number of amides is 1. The molecule has 0 unspecified atom stereocenters. The maximum Gasteiger partial charge on any atom is 0.240 e. The van der Waals surface area contributed by atoms with Crippen LogP contribution in [0.15, 0.2) is 60.7 Å². The highest BCUT2D eigenvalue weighted by molar-refractivity contribution is 8.01.